The Bertz CT molecular complexity index is 1260. The maximum absolute atomic E-state index is 13.4. The molecule has 3 aliphatic carbocycles. The van der Waals surface area contributed by atoms with Crippen molar-refractivity contribution in [1.82, 2.24) is 24.9 Å². The molecule has 3 aliphatic rings. The van der Waals surface area contributed by atoms with E-state index in [1.807, 2.05) is 0 Å². The molecule has 7 rings (SSSR count). The average Bonchev–Trinajstić information content (AvgIpc) is 3.38. The summed E-state index contributed by atoms with van der Waals surface area (Å²) in [6.45, 7) is 0. The molecule has 31 heavy (non-hydrogen) atoms. The number of halogens is 2. The summed E-state index contributed by atoms with van der Waals surface area (Å²) in [7, 11) is 0. The van der Waals surface area contributed by atoms with Crippen LogP contribution in [0.25, 0.3) is 33.5 Å². The van der Waals surface area contributed by atoms with Crippen LogP contribution in [0.5, 0.6) is 0 Å². The Hall–Kier alpha value is -3.00. The molecule has 3 saturated carbocycles. The Balaban J connectivity index is 0.000000157. The number of aliphatic carboxylic acids is 1. The van der Waals surface area contributed by atoms with Gasteiger partial charge in [-0.2, -0.15) is 0 Å². The Morgan fingerprint density at radius 1 is 1.06 bits per heavy atom. The van der Waals surface area contributed by atoms with Crippen LogP contribution < -0.4 is 0 Å². The summed E-state index contributed by atoms with van der Waals surface area (Å²) in [6.07, 6.45) is 11.9. The lowest BCUT2D eigenvalue weighted by molar-refractivity contribution is -0.147. The van der Waals surface area contributed by atoms with Gasteiger partial charge in [0.25, 0.3) is 0 Å². The van der Waals surface area contributed by atoms with Crippen LogP contribution in [0.15, 0.2) is 30.9 Å². The molecule has 0 aromatic carbocycles. The number of H-pyrrole nitrogens is 2. The quantitative estimate of drug-likeness (QED) is 0.396. The number of carbonyl (C=O) groups is 1. The van der Waals surface area contributed by atoms with E-state index in [-0.39, 0.29) is 11.7 Å². The number of pyridine rings is 1. The summed E-state index contributed by atoms with van der Waals surface area (Å²) in [6, 6.07) is 1.79. The zero-order valence-electron chi connectivity index (χ0n) is 16.6. The second kappa shape index (κ2) is 7.92. The van der Waals surface area contributed by atoms with E-state index in [1.165, 1.54) is 38.1 Å². The molecular weight excluding hydrogens is 421 g/mol. The van der Waals surface area contributed by atoms with Crippen LogP contribution >= 0.6 is 11.6 Å². The molecule has 0 radical (unpaired) electrons. The van der Waals surface area contributed by atoms with Crippen molar-refractivity contribution < 1.29 is 14.3 Å². The molecule has 160 valence electrons. The number of rotatable bonds is 2. The average molecular weight is 442 g/mol. The normalized spacial score (nSPS) is 22.5. The number of aromatic amines is 2. The fraction of sp³-hybridized carbons (Fsp3) is 0.364. The fourth-order valence-electron chi connectivity index (χ4n) is 4.85. The first-order valence-corrected chi connectivity index (χ1v) is 10.7. The maximum atomic E-state index is 13.4. The van der Waals surface area contributed by atoms with Gasteiger partial charge >= 0.3 is 5.97 Å². The van der Waals surface area contributed by atoms with Gasteiger partial charge in [-0.25, -0.2) is 19.3 Å². The second-order valence-electron chi connectivity index (χ2n) is 8.31. The van der Waals surface area contributed by atoms with Gasteiger partial charge in [0.1, 0.15) is 11.3 Å². The third kappa shape index (κ3) is 3.76. The van der Waals surface area contributed by atoms with E-state index in [0.29, 0.717) is 33.4 Å². The summed E-state index contributed by atoms with van der Waals surface area (Å²) in [5.41, 5.74) is 1.93. The Labute approximate surface area is 182 Å². The minimum absolute atomic E-state index is 0.00231. The topological polar surface area (TPSA) is 108 Å². The van der Waals surface area contributed by atoms with Crippen molar-refractivity contribution in [3.8, 4) is 11.4 Å². The summed E-state index contributed by atoms with van der Waals surface area (Å²) in [5, 5.41) is 10.6. The van der Waals surface area contributed by atoms with E-state index in [2.05, 4.69) is 24.9 Å². The Kier molecular flexibility index (Phi) is 5.09. The number of hydrogen-bond acceptors (Lipinski definition) is 4. The van der Waals surface area contributed by atoms with E-state index >= 15 is 0 Å². The molecule has 0 spiro atoms. The smallest absolute Gasteiger partial charge is 0.306 e. The van der Waals surface area contributed by atoms with Crippen molar-refractivity contribution in [1.29, 1.82) is 0 Å². The first kappa shape index (κ1) is 19.9. The van der Waals surface area contributed by atoms with Gasteiger partial charge in [0.2, 0.25) is 0 Å². The molecule has 1 unspecified atom stereocenters. The van der Waals surface area contributed by atoms with E-state index in [9.17, 15) is 9.18 Å². The molecule has 3 fully saturated rings. The van der Waals surface area contributed by atoms with Gasteiger partial charge in [-0.1, -0.05) is 24.4 Å². The lowest BCUT2D eigenvalue weighted by Gasteiger charge is -2.40. The minimum Gasteiger partial charge on any atom is -0.481 e. The fourth-order valence-corrected chi connectivity index (χ4v) is 5.01. The van der Waals surface area contributed by atoms with Gasteiger partial charge in [-0.15, -0.1) is 0 Å². The predicted molar refractivity (Wildman–Crippen MR) is 115 cm³/mol. The van der Waals surface area contributed by atoms with Crippen LogP contribution in [0, 0.1) is 23.6 Å². The molecule has 4 aromatic heterocycles. The van der Waals surface area contributed by atoms with Gasteiger partial charge in [0, 0.05) is 35.7 Å². The molecular formula is C22H21ClFN5O2. The Morgan fingerprint density at radius 3 is 2.52 bits per heavy atom. The third-order valence-electron chi connectivity index (χ3n) is 6.49. The van der Waals surface area contributed by atoms with Crippen molar-refractivity contribution in [3.05, 3.63) is 41.7 Å². The van der Waals surface area contributed by atoms with Crippen molar-refractivity contribution in [2.24, 2.45) is 17.8 Å². The highest BCUT2D eigenvalue weighted by Gasteiger charge is 2.39. The molecule has 0 saturated heterocycles. The zero-order valence-corrected chi connectivity index (χ0v) is 17.4. The molecule has 7 nitrogen and oxygen atoms in total. The maximum Gasteiger partial charge on any atom is 0.306 e. The van der Waals surface area contributed by atoms with Crippen LogP contribution in [-0.4, -0.2) is 36.0 Å². The van der Waals surface area contributed by atoms with E-state index in [0.717, 1.165) is 23.3 Å². The molecule has 3 N–H and O–H groups in total. The van der Waals surface area contributed by atoms with Gasteiger partial charge in [0.15, 0.2) is 11.6 Å². The van der Waals surface area contributed by atoms with E-state index in [1.54, 1.807) is 18.5 Å². The number of carboxylic acid groups (broad SMARTS) is 1. The number of carboxylic acids is 1. The summed E-state index contributed by atoms with van der Waals surface area (Å²) >= 11 is 5.96. The van der Waals surface area contributed by atoms with Crippen LogP contribution in [-0.2, 0) is 4.79 Å². The SMILES string of the molecule is Fc1c[nH]c2nc(-c3c[nH]c4ncc(Cl)cc34)ncc12.O=C(O)C1CC2CCC1CC2. The molecule has 2 bridgehead atoms. The number of nitrogens with one attached hydrogen (secondary N) is 2. The van der Waals surface area contributed by atoms with Crippen LogP contribution in [0.4, 0.5) is 4.39 Å². The molecule has 0 amide bonds. The first-order valence-electron chi connectivity index (χ1n) is 10.3. The van der Waals surface area contributed by atoms with Gasteiger partial charge < -0.3 is 15.1 Å². The zero-order chi connectivity index (χ0) is 21.5. The summed E-state index contributed by atoms with van der Waals surface area (Å²) in [5.74, 6) is 0.811. The van der Waals surface area contributed by atoms with Crippen LogP contribution in [0.2, 0.25) is 5.02 Å². The highest BCUT2D eigenvalue weighted by atomic mass is 35.5. The minimum atomic E-state index is -0.556. The van der Waals surface area contributed by atoms with Gasteiger partial charge in [-0.05, 0) is 37.2 Å². The highest BCUT2D eigenvalue weighted by Crippen LogP contribution is 2.44. The molecule has 4 heterocycles. The molecule has 9 heteroatoms. The lowest BCUT2D eigenvalue weighted by Crippen LogP contribution is -2.35. The van der Waals surface area contributed by atoms with E-state index in [4.69, 9.17) is 16.7 Å². The van der Waals surface area contributed by atoms with Crippen LogP contribution in [0.3, 0.4) is 0 Å². The number of nitrogens with zero attached hydrogens (tertiary/aromatic N) is 3. The number of fused-ring (bicyclic) bond motifs is 5. The number of hydrogen-bond donors (Lipinski definition) is 3. The third-order valence-corrected chi connectivity index (χ3v) is 6.69. The second-order valence-corrected chi connectivity index (χ2v) is 8.74. The molecule has 1 atom stereocenters. The van der Waals surface area contributed by atoms with E-state index < -0.39 is 5.97 Å². The lowest BCUT2D eigenvalue weighted by atomic mass is 9.65. The Morgan fingerprint density at radius 2 is 1.84 bits per heavy atom. The standard InChI is InChI=1S/C13H7ClFN5.C9H14O2/c14-6-1-7-8(3-17-11(7)16-2-6)12-18-4-9-10(15)5-19-13(9)20-12;10-9(11)8-5-6-1-3-7(8)4-2-6/h1-5H,(H,16,17)(H,18,19,20);6-8H,1-5H2,(H,10,11). The first-order chi connectivity index (χ1) is 15.0. The monoisotopic (exact) mass is 441 g/mol. The van der Waals surface area contributed by atoms with Gasteiger partial charge in [-0.3, -0.25) is 4.79 Å². The molecule has 4 aromatic rings. The summed E-state index contributed by atoms with van der Waals surface area (Å²) in [4.78, 5) is 29.3. The summed E-state index contributed by atoms with van der Waals surface area (Å²) < 4.78 is 13.4. The predicted octanol–water partition coefficient (Wildman–Crippen LogP) is 5.19. The van der Waals surface area contributed by atoms with Crippen molar-refractivity contribution in [3.63, 3.8) is 0 Å². The largest absolute Gasteiger partial charge is 0.481 e. The van der Waals surface area contributed by atoms with Crippen molar-refractivity contribution in [2.75, 3.05) is 0 Å². The van der Waals surface area contributed by atoms with Crippen molar-refractivity contribution in [2.45, 2.75) is 32.1 Å². The van der Waals surface area contributed by atoms with Gasteiger partial charge in [0.05, 0.1) is 16.3 Å². The van der Waals surface area contributed by atoms with Crippen LogP contribution in [0.1, 0.15) is 32.1 Å². The number of aromatic nitrogens is 5. The van der Waals surface area contributed by atoms with Crippen molar-refractivity contribution >= 4 is 39.6 Å². The highest BCUT2D eigenvalue weighted by molar-refractivity contribution is 6.31. The molecule has 0 aliphatic heterocycles.